The minimum Gasteiger partial charge on any atom is -0.381 e. The number of unbranched alkanes of at least 4 members (excludes halogenated alkanes) is 10. The van der Waals surface area contributed by atoms with Crippen LogP contribution in [0.4, 0.5) is 0 Å². The molecule has 0 saturated carbocycles. The Labute approximate surface area is 187 Å². The van der Waals surface area contributed by atoms with Gasteiger partial charge in [0.15, 0.2) is 0 Å². The molecule has 170 valence electrons. The van der Waals surface area contributed by atoms with Crippen molar-refractivity contribution in [2.45, 2.75) is 90.9 Å². The van der Waals surface area contributed by atoms with E-state index in [4.69, 9.17) is 4.74 Å². The molecular weight excluding hydrogens is 366 g/mol. The van der Waals surface area contributed by atoms with Crippen molar-refractivity contribution in [2.24, 2.45) is 0 Å². The molecule has 2 aromatic carbocycles. The second kappa shape index (κ2) is 22.1. The second-order valence-electron chi connectivity index (χ2n) is 7.88. The van der Waals surface area contributed by atoms with Gasteiger partial charge in [-0.05, 0) is 24.0 Å². The average molecular weight is 414 g/mol. The van der Waals surface area contributed by atoms with E-state index >= 15 is 0 Å². The van der Waals surface area contributed by atoms with Crippen LogP contribution in [0, 0.1) is 0 Å². The lowest BCUT2D eigenvalue weighted by Gasteiger charge is -2.04. The fraction of sp³-hybridized carbons (Fsp3) is 0.571. The summed E-state index contributed by atoms with van der Waals surface area (Å²) in [6, 6.07) is 20.8. The van der Waals surface area contributed by atoms with Gasteiger partial charge < -0.3 is 10.9 Å². The zero-order valence-electron chi connectivity index (χ0n) is 19.8. The summed E-state index contributed by atoms with van der Waals surface area (Å²) in [7, 11) is 0. The molecule has 0 atom stereocenters. The van der Waals surface area contributed by atoms with E-state index in [9.17, 15) is 0 Å². The molecule has 0 unspecified atom stereocenters. The third-order valence-electron chi connectivity index (χ3n) is 5.17. The molecule has 3 N–H and O–H groups in total. The maximum Gasteiger partial charge on any atom is 0.0466 e. The lowest BCUT2D eigenvalue weighted by molar-refractivity contribution is 0.125. The Morgan fingerprint density at radius 1 is 0.467 bits per heavy atom. The molecule has 0 aliphatic heterocycles. The van der Waals surface area contributed by atoms with Crippen molar-refractivity contribution in [1.29, 1.82) is 0 Å². The first-order valence-corrected chi connectivity index (χ1v) is 12.1. The van der Waals surface area contributed by atoms with Gasteiger partial charge in [-0.15, -0.1) is 0 Å². The summed E-state index contributed by atoms with van der Waals surface area (Å²) in [5.74, 6) is 0. The van der Waals surface area contributed by atoms with Crippen molar-refractivity contribution in [2.75, 3.05) is 13.2 Å². The summed E-state index contributed by atoms with van der Waals surface area (Å²) in [6.07, 6.45) is 16.3. The van der Waals surface area contributed by atoms with E-state index in [0.717, 1.165) is 13.2 Å². The quantitative estimate of drug-likeness (QED) is 0.296. The molecule has 0 radical (unpaired) electrons. The summed E-state index contributed by atoms with van der Waals surface area (Å²) < 4.78 is 5.65. The van der Waals surface area contributed by atoms with Crippen LogP contribution in [0.1, 0.15) is 90.9 Å². The van der Waals surface area contributed by atoms with Gasteiger partial charge in [0.25, 0.3) is 0 Å². The van der Waals surface area contributed by atoms with Crippen LogP contribution in [0.2, 0.25) is 0 Å². The van der Waals surface area contributed by atoms with Crippen molar-refractivity contribution in [3.8, 4) is 11.1 Å². The second-order valence-corrected chi connectivity index (χ2v) is 7.88. The predicted molar refractivity (Wildman–Crippen MR) is 134 cm³/mol. The highest BCUT2D eigenvalue weighted by Gasteiger charge is 1.93. The van der Waals surface area contributed by atoms with Crippen LogP contribution in [0.3, 0.4) is 0 Å². The Balaban J connectivity index is 0.000000566. The summed E-state index contributed by atoms with van der Waals surface area (Å²) in [5.41, 5.74) is 2.55. The summed E-state index contributed by atoms with van der Waals surface area (Å²) in [5, 5.41) is 0. The van der Waals surface area contributed by atoms with Crippen LogP contribution < -0.4 is 6.15 Å². The van der Waals surface area contributed by atoms with Gasteiger partial charge in [0.05, 0.1) is 0 Å². The Kier molecular flexibility index (Phi) is 20.8. The van der Waals surface area contributed by atoms with Crippen molar-refractivity contribution in [3.05, 3.63) is 60.7 Å². The molecule has 2 rings (SSSR count). The zero-order valence-corrected chi connectivity index (χ0v) is 19.8. The number of ether oxygens (including phenoxy) is 1. The summed E-state index contributed by atoms with van der Waals surface area (Å²) in [4.78, 5) is 0. The molecule has 2 nitrogen and oxygen atoms in total. The van der Waals surface area contributed by atoms with E-state index in [1.54, 1.807) is 0 Å². The van der Waals surface area contributed by atoms with E-state index < -0.39 is 0 Å². The monoisotopic (exact) mass is 413 g/mol. The number of benzene rings is 2. The summed E-state index contributed by atoms with van der Waals surface area (Å²) >= 11 is 0. The van der Waals surface area contributed by atoms with Crippen LogP contribution in [0.25, 0.3) is 11.1 Å². The molecular formula is C28H47NO. The van der Waals surface area contributed by atoms with Gasteiger partial charge in [-0.1, -0.05) is 139 Å². The molecule has 30 heavy (non-hydrogen) atoms. The molecule has 0 heterocycles. The van der Waals surface area contributed by atoms with E-state index in [2.05, 4.69) is 62.4 Å². The van der Waals surface area contributed by atoms with Crippen molar-refractivity contribution < 1.29 is 4.74 Å². The van der Waals surface area contributed by atoms with E-state index in [-0.39, 0.29) is 6.15 Å². The minimum absolute atomic E-state index is 0. The topological polar surface area (TPSA) is 44.2 Å². The van der Waals surface area contributed by atoms with Crippen LogP contribution >= 0.6 is 0 Å². The largest absolute Gasteiger partial charge is 0.381 e. The highest BCUT2D eigenvalue weighted by Crippen LogP contribution is 2.17. The van der Waals surface area contributed by atoms with Gasteiger partial charge in [0.1, 0.15) is 0 Å². The van der Waals surface area contributed by atoms with E-state index in [1.807, 2.05) is 12.1 Å². The highest BCUT2D eigenvalue weighted by atomic mass is 16.5. The first-order chi connectivity index (χ1) is 14.4. The first-order valence-electron chi connectivity index (χ1n) is 12.1. The van der Waals surface area contributed by atoms with Crippen molar-refractivity contribution >= 4 is 0 Å². The number of hydrogen-bond donors (Lipinski definition) is 1. The van der Waals surface area contributed by atoms with E-state index in [1.165, 1.54) is 88.2 Å². The van der Waals surface area contributed by atoms with Gasteiger partial charge in [0, 0.05) is 13.2 Å². The Bertz CT molecular complexity index is 504. The smallest absolute Gasteiger partial charge is 0.0466 e. The SMILES string of the molecule is CCCCCCCCOCCCCCCCC.N.c1ccc(-c2ccccc2)cc1. The molecule has 0 spiro atoms. The van der Waals surface area contributed by atoms with Crippen LogP contribution in [-0.2, 0) is 4.74 Å². The van der Waals surface area contributed by atoms with Crippen LogP contribution in [0.5, 0.6) is 0 Å². The lowest BCUT2D eigenvalue weighted by atomic mass is 10.1. The molecule has 0 saturated heterocycles. The summed E-state index contributed by atoms with van der Waals surface area (Å²) in [6.45, 7) is 6.51. The van der Waals surface area contributed by atoms with Gasteiger partial charge in [0.2, 0.25) is 0 Å². The van der Waals surface area contributed by atoms with Gasteiger partial charge in [-0.2, -0.15) is 0 Å². The standard InChI is InChI=1S/C16H34O.C12H10.H3N/c1-3-5-7-9-11-13-15-17-16-14-12-10-8-6-4-2;1-3-7-11(8-4-1)12-9-5-2-6-10-12;/h3-16H2,1-2H3;1-10H;1H3. The van der Waals surface area contributed by atoms with Crippen molar-refractivity contribution in [3.63, 3.8) is 0 Å². The average Bonchev–Trinajstić information content (AvgIpc) is 2.79. The molecule has 0 fully saturated rings. The Morgan fingerprint density at radius 2 is 0.800 bits per heavy atom. The van der Waals surface area contributed by atoms with Gasteiger partial charge in [-0.25, -0.2) is 0 Å². The fourth-order valence-electron chi connectivity index (χ4n) is 3.33. The highest BCUT2D eigenvalue weighted by molar-refractivity contribution is 5.62. The van der Waals surface area contributed by atoms with Gasteiger partial charge >= 0.3 is 0 Å². The molecule has 0 amide bonds. The maximum atomic E-state index is 5.65. The van der Waals surface area contributed by atoms with Gasteiger partial charge in [-0.3, -0.25) is 0 Å². The van der Waals surface area contributed by atoms with Crippen LogP contribution in [0.15, 0.2) is 60.7 Å². The molecule has 2 aromatic rings. The Hall–Kier alpha value is -1.64. The molecule has 0 aliphatic rings. The number of hydrogen-bond acceptors (Lipinski definition) is 2. The van der Waals surface area contributed by atoms with Crippen molar-refractivity contribution in [1.82, 2.24) is 6.15 Å². The zero-order chi connectivity index (χ0) is 20.8. The van der Waals surface area contributed by atoms with Crippen LogP contribution in [-0.4, -0.2) is 13.2 Å². The number of rotatable bonds is 15. The predicted octanol–water partition coefficient (Wildman–Crippen LogP) is 9.24. The fourth-order valence-corrected chi connectivity index (χ4v) is 3.33. The molecule has 2 heteroatoms. The molecule has 0 aromatic heterocycles. The minimum atomic E-state index is 0. The Morgan fingerprint density at radius 3 is 1.17 bits per heavy atom. The first kappa shape index (κ1) is 28.4. The maximum absolute atomic E-state index is 5.65. The molecule has 0 bridgehead atoms. The lowest BCUT2D eigenvalue weighted by Crippen LogP contribution is -1.97. The molecule has 0 aliphatic carbocycles. The van der Waals surface area contributed by atoms with E-state index in [0.29, 0.717) is 0 Å². The normalized spacial score (nSPS) is 10.1. The third kappa shape index (κ3) is 16.2. The third-order valence-corrected chi connectivity index (χ3v) is 5.17.